The first-order chi connectivity index (χ1) is 8.65. The van der Waals surface area contributed by atoms with Crippen molar-refractivity contribution >= 4 is 15.9 Å². The summed E-state index contributed by atoms with van der Waals surface area (Å²) in [4.78, 5) is 9.00. The molecule has 0 spiro atoms. The van der Waals surface area contributed by atoms with Crippen molar-refractivity contribution in [1.29, 1.82) is 0 Å². The highest BCUT2D eigenvalue weighted by Crippen LogP contribution is 2.09. The molecule has 1 N–H and O–H groups in total. The lowest BCUT2D eigenvalue weighted by Crippen LogP contribution is -2.53. The predicted molar refractivity (Wildman–Crippen MR) is 77.6 cm³/mol. The van der Waals surface area contributed by atoms with Gasteiger partial charge in [-0.3, -0.25) is 9.88 Å². The highest BCUT2D eigenvalue weighted by molar-refractivity contribution is 9.10. The van der Waals surface area contributed by atoms with Crippen molar-refractivity contribution in [3.8, 4) is 0 Å². The maximum atomic E-state index is 4.17. The first kappa shape index (κ1) is 13.9. The van der Waals surface area contributed by atoms with Crippen molar-refractivity contribution in [2.45, 2.75) is 12.6 Å². The van der Waals surface area contributed by atoms with Gasteiger partial charge in [-0.15, -0.1) is 0 Å². The Morgan fingerprint density at radius 2 is 2.22 bits per heavy atom. The highest BCUT2D eigenvalue weighted by atomic mass is 79.9. The monoisotopic (exact) mass is 312 g/mol. The first-order valence-electron chi connectivity index (χ1n) is 6.34. The fourth-order valence-corrected chi connectivity index (χ4v) is 2.67. The van der Waals surface area contributed by atoms with Gasteiger partial charge in [0.15, 0.2) is 0 Å². The summed E-state index contributed by atoms with van der Waals surface area (Å²) in [7, 11) is 4.40. The number of rotatable bonds is 4. The maximum Gasteiger partial charge on any atom is 0.0410 e. The summed E-state index contributed by atoms with van der Waals surface area (Å²) in [6.07, 6.45) is 3.72. The average molecular weight is 313 g/mol. The maximum absolute atomic E-state index is 4.17. The molecule has 1 saturated heterocycles. The molecule has 18 heavy (non-hydrogen) atoms. The van der Waals surface area contributed by atoms with E-state index >= 15 is 0 Å². The minimum Gasteiger partial charge on any atom is -0.311 e. The van der Waals surface area contributed by atoms with Crippen LogP contribution in [0.25, 0.3) is 0 Å². The summed E-state index contributed by atoms with van der Waals surface area (Å²) in [5.41, 5.74) is 1.22. The SMILES string of the molecule is CN1CCN(C)C(CNCc2cncc(Br)c2)C1. The van der Waals surface area contributed by atoms with Gasteiger partial charge in [-0.25, -0.2) is 0 Å². The number of halogens is 1. The second-order valence-electron chi connectivity index (χ2n) is 5.04. The largest absolute Gasteiger partial charge is 0.311 e. The number of pyridine rings is 1. The number of aromatic nitrogens is 1. The van der Waals surface area contributed by atoms with Gasteiger partial charge in [0.25, 0.3) is 0 Å². The standard InChI is InChI=1S/C13H21BrN4/c1-17-3-4-18(2)13(10-17)9-16-7-11-5-12(14)8-15-6-11/h5-6,8,13,16H,3-4,7,9-10H2,1-2H3. The molecule has 1 aliphatic heterocycles. The van der Waals surface area contributed by atoms with Crippen molar-refractivity contribution in [1.82, 2.24) is 20.1 Å². The number of hydrogen-bond donors (Lipinski definition) is 1. The number of hydrogen-bond acceptors (Lipinski definition) is 4. The summed E-state index contributed by atoms with van der Waals surface area (Å²) in [6.45, 7) is 5.36. The Bertz CT molecular complexity index is 385. The van der Waals surface area contributed by atoms with Crippen molar-refractivity contribution in [3.63, 3.8) is 0 Å². The number of nitrogens with zero attached hydrogens (tertiary/aromatic N) is 3. The van der Waals surface area contributed by atoms with Gasteiger partial charge in [0.05, 0.1) is 0 Å². The molecule has 1 unspecified atom stereocenters. The third kappa shape index (κ3) is 4.02. The molecule has 1 atom stereocenters. The van der Waals surface area contributed by atoms with Crippen LogP contribution in [0.3, 0.4) is 0 Å². The molecule has 0 radical (unpaired) electrons. The topological polar surface area (TPSA) is 31.4 Å². The van der Waals surface area contributed by atoms with Crippen LogP contribution in [0.15, 0.2) is 22.9 Å². The zero-order chi connectivity index (χ0) is 13.0. The van der Waals surface area contributed by atoms with E-state index in [1.807, 2.05) is 12.4 Å². The minimum atomic E-state index is 0.601. The molecule has 0 saturated carbocycles. The van der Waals surface area contributed by atoms with E-state index in [9.17, 15) is 0 Å². The lowest BCUT2D eigenvalue weighted by Gasteiger charge is -2.37. The number of likely N-dealkylation sites (N-methyl/N-ethyl adjacent to an activating group) is 2. The Labute approximate surface area is 118 Å². The van der Waals surface area contributed by atoms with E-state index in [-0.39, 0.29) is 0 Å². The lowest BCUT2D eigenvalue weighted by atomic mass is 10.2. The van der Waals surface area contributed by atoms with E-state index in [2.05, 4.69) is 56.2 Å². The fourth-order valence-electron chi connectivity index (χ4n) is 2.26. The molecule has 1 aliphatic rings. The number of piperazine rings is 1. The zero-order valence-corrected chi connectivity index (χ0v) is 12.7. The Hall–Kier alpha value is -0.490. The van der Waals surface area contributed by atoms with Crippen LogP contribution < -0.4 is 5.32 Å². The Morgan fingerprint density at radius 3 is 3.00 bits per heavy atom. The second-order valence-corrected chi connectivity index (χ2v) is 5.95. The molecule has 1 aromatic heterocycles. The summed E-state index contributed by atoms with van der Waals surface area (Å²) < 4.78 is 1.04. The summed E-state index contributed by atoms with van der Waals surface area (Å²) in [5.74, 6) is 0. The van der Waals surface area contributed by atoms with Gasteiger partial charge in [0.2, 0.25) is 0 Å². The molecule has 5 heteroatoms. The van der Waals surface area contributed by atoms with Crippen molar-refractivity contribution in [2.75, 3.05) is 40.3 Å². The van der Waals surface area contributed by atoms with Gasteiger partial charge >= 0.3 is 0 Å². The summed E-state index contributed by atoms with van der Waals surface area (Å²) >= 11 is 3.44. The smallest absolute Gasteiger partial charge is 0.0410 e. The molecule has 1 aromatic rings. The van der Waals surface area contributed by atoms with Gasteiger partial charge in [-0.05, 0) is 41.7 Å². The Balaban J connectivity index is 1.77. The molecule has 0 aromatic carbocycles. The summed E-state index contributed by atoms with van der Waals surface area (Å²) in [6, 6.07) is 2.71. The quantitative estimate of drug-likeness (QED) is 0.904. The van der Waals surface area contributed by atoms with Gasteiger partial charge in [-0.1, -0.05) is 0 Å². The van der Waals surface area contributed by atoms with Gasteiger partial charge < -0.3 is 10.2 Å². The number of nitrogens with one attached hydrogen (secondary N) is 1. The van der Waals surface area contributed by atoms with Crippen LogP contribution in [0.5, 0.6) is 0 Å². The predicted octanol–water partition coefficient (Wildman–Crippen LogP) is 1.18. The van der Waals surface area contributed by atoms with Crippen LogP contribution >= 0.6 is 15.9 Å². The molecule has 1 fully saturated rings. The Kier molecular flexibility index (Phi) is 5.12. The normalized spacial score (nSPS) is 22.3. The minimum absolute atomic E-state index is 0.601. The van der Waals surface area contributed by atoms with E-state index in [0.29, 0.717) is 6.04 Å². The third-order valence-electron chi connectivity index (χ3n) is 3.45. The Morgan fingerprint density at radius 1 is 1.39 bits per heavy atom. The molecular weight excluding hydrogens is 292 g/mol. The van der Waals surface area contributed by atoms with E-state index in [0.717, 1.165) is 30.7 Å². The van der Waals surface area contributed by atoms with E-state index in [1.165, 1.54) is 12.1 Å². The van der Waals surface area contributed by atoms with Crippen LogP contribution in [-0.2, 0) is 6.54 Å². The molecule has 2 rings (SSSR count). The van der Waals surface area contributed by atoms with Crippen LogP contribution in [0, 0.1) is 0 Å². The highest BCUT2D eigenvalue weighted by Gasteiger charge is 2.21. The van der Waals surface area contributed by atoms with Crippen molar-refractivity contribution in [2.24, 2.45) is 0 Å². The van der Waals surface area contributed by atoms with Gasteiger partial charge in [0.1, 0.15) is 0 Å². The van der Waals surface area contributed by atoms with E-state index < -0.39 is 0 Å². The van der Waals surface area contributed by atoms with Crippen molar-refractivity contribution < 1.29 is 0 Å². The van der Waals surface area contributed by atoms with Crippen molar-refractivity contribution in [3.05, 3.63) is 28.5 Å². The molecule has 100 valence electrons. The van der Waals surface area contributed by atoms with E-state index in [4.69, 9.17) is 0 Å². The lowest BCUT2D eigenvalue weighted by molar-refractivity contribution is 0.113. The molecule has 0 bridgehead atoms. The van der Waals surface area contributed by atoms with Gasteiger partial charge in [0, 0.05) is 55.6 Å². The van der Waals surface area contributed by atoms with Gasteiger partial charge in [-0.2, -0.15) is 0 Å². The molecule has 0 aliphatic carbocycles. The molecule has 2 heterocycles. The fraction of sp³-hybridized carbons (Fsp3) is 0.615. The second kappa shape index (κ2) is 6.61. The van der Waals surface area contributed by atoms with E-state index in [1.54, 1.807) is 0 Å². The van der Waals surface area contributed by atoms with Crippen LogP contribution in [-0.4, -0.2) is 61.1 Å². The zero-order valence-electron chi connectivity index (χ0n) is 11.1. The van der Waals surface area contributed by atoms with Crippen LogP contribution in [0.4, 0.5) is 0 Å². The molecule has 0 amide bonds. The first-order valence-corrected chi connectivity index (χ1v) is 7.13. The average Bonchev–Trinajstić information content (AvgIpc) is 2.34. The van der Waals surface area contributed by atoms with Crippen LogP contribution in [0.2, 0.25) is 0 Å². The summed E-state index contributed by atoms with van der Waals surface area (Å²) in [5, 5.41) is 3.52. The third-order valence-corrected chi connectivity index (χ3v) is 3.88. The molecular formula is C13H21BrN4. The molecule has 4 nitrogen and oxygen atoms in total. The van der Waals surface area contributed by atoms with Crippen LogP contribution in [0.1, 0.15) is 5.56 Å².